The molecule has 0 unspecified atom stereocenters. The van der Waals surface area contributed by atoms with Crippen molar-refractivity contribution in [1.82, 2.24) is 0 Å². The highest BCUT2D eigenvalue weighted by Crippen LogP contribution is 1.56. The molecule has 2 heteroatoms. The number of rotatable bonds is 0. The fourth-order valence-corrected chi connectivity index (χ4v) is 0. The molecule has 2 nitrogen and oxygen atoms in total. The molecule has 0 bridgehead atoms. The quantitative estimate of drug-likeness (QED) is 0.510. The maximum absolute atomic E-state index is 8.12. The van der Waals surface area contributed by atoms with E-state index in [1.165, 1.54) is 6.42 Å². The predicted octanol–water partition coefficient (Wildman–Crippen LogP) is 2.50. The highest BCUT2D eigenvalue weighted by atomic mass is 16.2. The highest BCUT2D eigenvalue weighted by Gasteiger charge is 1.35. The summed E-state index contributed by atoms with van der Waals surface area (Å²) in [6.07, 6.45) is 1.50. The highest BCUT2D eigenvalue weighted by molar-refractivity contribution is 5.20. The summed E-state index contributed by atoms with van der Waals surface area (Å²) in [5.74, 6) is 0. The van der Waals surface area contributed by atoms with Gasteiger partial charge in [-0.15, -0.1) is 0 Å². The van der Waals surface area contributed by atoms with Gasteiger partial charge in [0.2, 0.25) is 0 Å². The summed E-state index contributed by atoms with van der Waals surface area (Å²) in [5.41, 5.74) is 0. The molecule has 58 valence electrons. The maximum atomic E-state index is 8.12. The van der Waals surface area contributed by atoms with Crippen LogP contribution in [0, 0.1) is 0 Å². The first-order valence-electron chi connectivity index (χ1n) is 2.82. The van der Waals surface area contributed by atoms with Crippen LogP contribution in [0.1, 0.15) is 41.5 Å². The minimum absolute atomic E-state index is 0. The maximum Gasteiger partial charge on any atom is 0.373 e. The largest absolute Gasteiger partial charge is 0.373 e. The number of carbonyl (C=O) groups excluding carboxylic acids is 2. The SMILES string of the molecule is C.CC.CCC.O=C=O. The van der Waals surface area contributed by atoms with E-state index < -0.39 is 0 Å². The van der Waals surface area contributed by atoms with E-state index >= 15 is 0 Å². The Bertz CT molecular complexity index is 36.2. The lowest BCUT2D eigenvalue weighted by atomic mass is 10.6. The fraction of sp³-hybridized carbons (Fsp3) is 0.857. The van der Waals surface area contributed by atoms with E-state index in [4.69, 9.17) is 9.59 Å². The molecule has 0 rings (SSSR count). The van der Waals surface area contributed by atoms with Crippen LogP contribution >= 0.6 is 0 Å². The Morgan fingerprint density at radius 1 is 1.11 bits per heavy atom. The summed E-state index contributed by atoms with van der Waals surface area (Å²) in [5, 5.41) is 0. The van der Waals surface area contributed by atoms with E-state index in [1.807, 2.05) is 13.8 Å². The Labute approximate surface area is 58.3 Å². The molecule has 0 radical (unpaired) electrons. The molecule has 0 aliphatic rings. The summed E-state index contributed by atoms with van der Waals surface area (Å²) in [6, 6.07) is 0. The first-order valence-corrected chi connectivity index (χ1v) is 2.82. The molecule has 0 atom stereocenters. The van der Waals surface area contributed by atoms with E-state index in [-0.39, 0.29) is 13.6 Å². The van der Waals surface area contributed by atoms with E-state index in [9.17, 15) is 0 Å². The molecule has 0 amide bonds. The van der Waals surface area contributed by atoms with Gasteiger partial charge in [0.15, 0.2) is 0 Å². The minimum atomic E-state index is 0. The van der Waals surface area contributed by atoms with Gasteiger partial charge in [0, 0.05) is 0 Å². The van der Waals surface area contributed by atoms with Gasteiger partial charge in [-0.3, -0.25) is 0 Å². The Morgan fingerprint density at radius 3 is 1.11 bits per heavy atom. The summed E-state index contributed by atoms with van der Waals surface area (Å²) in [4.78, 5) is 16.2. The summed E-state index contributed by atoms with van der Waals surface area (Å²) < 4.78 is 0. The standard InChI is InChI=1S/C3H8.C2H6.CO2.CH4/c1-3-2;1-2;2-1-3;/h3H2,1-2H3;1-2H3;;1H4. The Kier molecular flexibility index (Phi) is 417. The van der Waals surface area contributed by atoms with Crippen LogP contribution in [0.25, 0.3) is 0 Å². The summed E-state index contributed by atoms with van der Waals surface area (Å²) in [7, 11) is 0. The van der Waals surface area contributed by atoms with Crippen LogP contribution in [-0.2, 0) is 9.59 Å². The second-order valence-corrected chi connectivity index (χ2v) is 0.790. The van der Waals surface area contributed by atoms with Crippen molar-refractivity contribution < 1.29 is 9.59 Å². The van der Waals surface area contributed by atoms with Gasteiger partial charge in [-0.05, 0) is 0 Å². The first kappa shape index (κ1) is 23.8. The lowest BCUT2D eigenvalue weighted by molar-refractivity contribution is -0.191. The van der Waals surface area contributed by atoms with Crippen LogP contribution in [0.3, 0.4) is 0 Å². The van der Waals surface area contributed by atoms with Gasteiger partial charge in [0.25, 0.3) is 0 Å². The van der Waals surface area contributed by atoms with Gasteiger partial charge < -0.3 is 0 Å². The molecular formula is C7H18O2. The Balaban J connectivity index is -0.0000000202. The Morgan fingerprint density at radius 2 is 1.11 bits per heavy atom. The third kappa shape index (κ3) is 556. The fourth-order valence-electron chi connectivity index (χ4n) is 0. The zero-order valence-corrected chi connectivity index (χ0v) is 6.02. The zero-order valence-electron chi connectivity index (χ0n) is 6.02. The number of hydrogen-bond donors (Lipinski definition) is 0. The van der Waals surface area contributed by atoms with Gasteiger partial charge in [0.1, 0.15) is 0 Å². The van der Waals surface area contributed by atoms with Gasteiger partial charge >= 0.3 is 6.15 Å². The van der Waals surface area contributed by atoms with Crippen molar-refractivity contribution >= 4 is 6.15 Å². The molecule has 0 heterocycles. The molecule has 0 aromatic heterocycles. The average Bonchev–Trinajstić information content (AvgIpc) is 1.75. The van der Waals surface area contributed by atoms with Crippen molar-refractivity contribution in [2.45, 2.75) is 41.5 Å². The first-order chi connectivity index (χ1) is 3.83. The van der Waals surface area contributed by atoms with Crippen molar-refractivity contribution in [3.05, 3.63) is 0 Å². The monoisotopic (exact) mass is 134 g/mol. The van der Waals surface area contributed by atoms with E-state index in [0.29, 0.717) is 0 Å². The molecule has 0 spiro atoms. The smallest absolute Gasteiger partial charge is 0.186 e. The van der Waals surface area contributed by atoms with Gasteiger partial charge in [-0.25, -0.2) is 0 Å². The minimum Gasteiger partial charge on any atom is -0.186 e. The van der Waals surface area contributed by atoms with Crippen molar-refractivity contribution in [3.8, 4) is 0 Å². The molecule has 0 saturated carbocycles. The van der Waals surface area contributed by atoms with E-state index in [0.717, 1.165) is 0 Å². The van der Waals surface area contributed by atoms with Crippen LogP contribution in [0.5, 0.6) is 0 Å². The van der Waals surface area contributed by atoms with E-state index in [2.05, 4.69) is 13.8 Å². The lowest BCUT2D eigenvalue weighted by Gasteiger charge is -1.48. The molecule has 0 aromatic carbocycles. The third-order valence-corrected chi connectivity index (χ3v) is 0. The molecule has 0 saturated heterocycles. The molecule has 0 aliphatic carbocycles. The molecule has 0 aliphatic heterocycles. The molecule has 9 heavy (non-hydrogen) atoms. The van der Waals surface area contributed by atoms with Gasteiger partial charge in [-0.1, -0.05) is 41.5 Å². The van der Waals surface area contributed by atoms with Crippen LogP contribution in [0.15, 0.2) is 0 Å². The van der Waals surface area contributed by atoms with Crippen molar-refractivity contribution in [1.29, 1.82) is 0 Å². The molecular weight excluding hydrogens is 116 g/mol. The van der Waals surface area contributed by atoms with Crippen molar-refractivity contribution in [3.63, 3.8) is 0 Å². The van der Waals surface area contributed by atoms with E-state index in [1.54, 1.807) is 0 Å². The summed E-state index contributed by atoms with van der Waals surface area (Å²) >= 11 is 0. The second-order valence-electron chi connectivity index (χ2n) is 0.790. The van der Waals surface area contributed by atoms with Crippen LogP contribution in [0.2, 0.25) is 0 Å². The molecule has 0 fully saturated rings. The average molecular weight is 134 g/mol. The Hall–Kier alpha value is -0.620. The molecule has 0 N–H and O–H groups in total. The van der Waals surface area contributed by atoms with Crippen LogP contribution in [-0.4, -0.2) is 6.15 Å². The topological polar surface area (TPSA) is 34.1 Å². The second kappa shape index (κ2) is 158. The van der Waals surface area contributed by atoms with Crippen LogP contribution < -0.4 is 0 Å². The number of hydrogen-bond acceptors (Lipinski definition) is 2. The summed E-state index contributed by atoms with van der Waals surface area (Å²) in [6.45, 7) is 8.25. The molecule has 0 aromatic rings. The van der Waals surface area contributed by atoms with Gasteiger partial charge in [0.05, 0.1) is 0 Å². The lowest BCUT2D eigenvalue weighted by Crippen LogP contribution is -1.27. The third-order valence-electron chi connectivity index (χ3n) is 0. The van der Waals surface area contributed by atoms with Crippen molar-refractivity contribution in [2.75, 3.05) is 0 Å². The zero-order chi connectivity index (χ0) is 7.41. The van der Waals surface area contributed by atoms with Crippen molar-refractivity contribution in [2.24, 2.45) is 0 Å². The normalized spacial score (nSPS) is 3.56. The van der Waals surface area contributed by atoms with Gasteiger partial charge in [-0.2, -0.15) is 9.59 Å². The van der Waals surface area contributed by atoms with Crippen LogP contribution in [0.4, 0.5) is 0 Å². The predicted molar refractivity (Wildman–Crippen MR) is 39.1 cm³/mol.